The van der Waals surface area contributed by atoms with Crippen molar-refractivity contribution < 1.29 is 4.39 Å². The largest absolute Gasteiger partial charge is 0.366 e. The van der Waals surface area contributed by atoms with Crippen molar-refractivity contribution in [3.05, 3.63) is 36.7 Å². The summed E-state index contributed by atoms with van der Waals surface area (Å²) >= 11 is 0. The van der Waals surface area contributed by atoms with Crippen LogP contribution in [0, 0.1) is 5.82 Å². The second-order valence-electron chi connectivity index (χ2n) is 6.28. The molecule has 3 rings (SSSR count). The molecule has 0 bridgehead atoms. The molecule has 0 aliphatic carbocycles. The molecule has 3 heterocycles. The Kier molecular flexibility index (Phi) is 5.23. The van der Waals surface area contributed by atoms with Crippen molar-refractivity contribution in [2.45, 2.75) is 26.3 Å². The number of halogens is 1. The molecule has 6 nitrogen and oxygen atoms in total. The summed E-state index contributed by atoms with van der Waals surface area (Å²) in [6, 6.07) is 2.02. The lowest BCUT2D eigenvalue weighted by Crippen LogP contribution is -2.25. The second-order valence-corrected chi connectivity index (χ2v) is 6.28. The minimum absolute atomic E-state index is 0.279. The number of aromatic nitrogens is 4. The standard InChI is InChI=1S/C18H23FN6/c1-4-25(3)6-5-12(2)23-17-11-20-10-16(24-17)13-7-14-15(19)9-22-18(14)21-8-13/h7-12H,4-6H2,1-3H3,(H,21,22)(H,23,24). The summed E-state index contributed by atoms with van der Waals surface area (Å²) in [5.41, 5.74) is 1.93. The lowest BCUT2D eigenvalue weighted by molar-refractivity contribution is 0.340. The summed E-state index contributed by atoms with van der Waals surface area (Å²) in [6.45, 7) is 6.32. The summed E-state index contributed by atoms with van der Waals surface area (Å²) in [5, 5.41) is 3.83. The summed E-state index contributed by atoms with van der Waals surface area (Å²) in [7, 11) is 2.11. The molecular formula is C18H23FN6. The van der Waals surface area contributed by atoms with Gasteiger partial charge in [0.1, 0.15) is 17.3 Å². The highest BCUT2D eigenvalue weighted by atomic mass is 19.1. The monoisotopic (exact) mass is 342 g/mol. The van der Waals surface area contributed by atoms with E-state index in [1.54, 1.807) is 24.7 Å². The maximum Gasteiger partial charge on any atom is 0.150 e. The number of hydrogen-bond acceptors (Lipinski definition) is 5. The third-order valence-electron chi connectivity index (χ3n) is 4.29. The van der Waals surface area contributed by atoms with E-state index in [0.29, 0.717) is 22.5 Å². The van der Waals surface area contributed by atoms with Gasteiger partial charge in [0, 0.05) is 24.0 Å². The van der Waals surface area contributed by atoms with Gasteiger partial charge in [-0.25, -0.2) is 14.4 Å². The van der Waals surface area contributed by atoms with Gasteiger partial charge < -0.3 is 15.2 Å². The van der Waals surface area contributed by atoms with Crippen molar-refractivity contribution in [2.24, 2.45) is 0 Å². The number of hydrogen-bond donors (Lipinski definition) is 2. The van der Waals surface area contributed by atoms with Gasteiger partial charge in [0.2, 0.25) is 0 Å². The molecule has 1 unspecified atom stereocenters. The molecule has 0 fully saturated rings. The molecule has 132 valence electrons. The summed E-state index contributed by atoms with van der Waals surface area (Å²) in [6.07, 6.45) is 7.35. The van der Waals surface area contributed by atoms with Gasteiger partial charge in [-0.15, -0.1) is 0 Å². The number of nitrogens with one attached hydrogen (secondary N) is 2. The van der Waals surface area contributed by atoms with E-state index < -0.39 is 0 Å². The molecule has 1 atom stereocenters. The molecule has 0 saturated heterocycles. The Labute approximate surface area is 146 Å². The van der Waals surface area contributed by atoms with E-state index in [9.17, 15) is 4.39 Å². The lowest BCUT2D eigenvalue weighted by Gasteiger charge is -2.19. The Morgan fingerprint density at radius 2 is 2.16 bits per heavy atom. The van der Waals surface area contributed by atoms with Crippen LogP contribution in [-0.2, 0) is 0 Å². The second kappa shape index (κ2) is 7.57. The highest BCUT2D eigenvalue weighted by molar-refractivity contribution is 5.81. The third kappa shape index (κ3) is 4.11. The molecule has 0 amide bonds. The first-order valence-corrected chi connectivity index (χ1v) is 8.47. The van der Waals surface area contributed by atoms with Gasteiger partial charge in [-0.3, -0.25) is 4.98 Å². The highest BCUT2D eigenvalue weighted by Gasteiger charge is 2.10. The van der Waals surface area contributed by atoms with Gasteiger partial charge in [0.05, 0.1) is 23.5 Å². The van der Waals surface area contributed by atoms with Crippen LogP contribution in [0.4, 0.5) is 10.2 Å². The predicted octanol–water partition coefficient (Wildman–Crippen LogP) is 3.30. The lowest BCUT2D eigenvalue weighted by atomic mass is 10.2. The van der Waals surface area contributed by atoms with E-state index in [0.717, 1.165) is 25.1 Å². The number of rotatable bonds is 7. The topological polar surface area (TPSA) is 69.7 Å². The van der Waals surface area contributed by atoms with E-state index >= 15 is 0 Å². The fourth-order valence-electron chi connectivity index (χ4n) is 2.58. The molecule has 0 aliphatic rings. The van der Waals surface area contributed by atoms with Crippen molar-refractivity contribution in [2.75, 3.05) is 25.5 Å². The number of nitrogens with zero attached hydrogens (tertiary/aromatic N) is 4. The van der Waals surface area contributed by atoms with Gasteiger partial charge in [-0.1, -0.05) is 6.92 Å². The summed E-state index contributed by atoms with van der Waals surface area (Å²) < 4.78 is 13.7. The molecule has 0 aromatic carbocycles. The molecule has 0 radical (unpaired) electrons. The average Bonchev–Trinajstić information content (AvgIpc) is 3.00. The molecule has 3 aromatic rings. The van der Waals surface area contributed by atoms with Crippen LogP contribution in [0.15, 0.2) is 30.9 Å². The number of H-pyrrole nitrogens is 1. The van der Waals surface area contributed by atoms with E-state index in [2.05, 4.69) is 51.0 Å². The van der Waals surface area contributed by atoms with E-state index in [1.165, 1.54) is 6.20 Å². The Hall–Kier alpha value is -2.54. The SMILES string of the molecule is CCN(C)CCC(C)Nc1cncc(-c2cnc3[nH]cc(F)c3c2)n1. The number of aromatic amines is 1. The van der Waals surface area contributed by atoms with Crippen LogP contribution in [0.3, 0.4) is 0 Å². The van der Waals surface area contributed by atoms with Crippen molar-refractivity contribution in [3.8, 4) is 11.3 Å². The number of fused-ring (bicyclic) bond motifs is 1. The van der Waals surface area contributed by atoms with Crippen LogP contribution >= 0.6 is 0 Å². The van der Waals surface area contributed by atoms with Crippen LogP contribution in [-0.4, -0.2) is 51.0 Å². The zero-order chi connectivity index (χ0) is 17.8. The minimum atomic E-state index is -0.319. The Morgan fingerprint density at radius 1 is 1.32 bits per heavy atom. The highest BCUT2D eigenvalue weighted by Crippen LogP contribution is 2.23. The van der Waals surface area contributed by atoms with Crippen LogP contribution < -0.4 is 5.32 Å². The van der Waals surface area contributed by atoms with Crippen molar-refractivity contribution >= 4 is 16.9 Å². The Bertz CT molecular complexity index is 846. The summed E-state index contributed by atoms with van der Waals surface area (Å²) in [5.74, 6) is 0.388. The number of pyridine rings is 1. The Balaban J connectivity index is 1.75. The van der Waals surface area contributed by atoms with Crippen LogP contribution in [0.5, 0.6) is 0 Å². The fourth-order valence-corrected chi connectivity index (χ4v) is 2.58. The molecule has 0 spiro atoms. The molecular weight excluding hydrogens is 319 g/mol. The molecule has 25 heavy (non-hydrogen) atoms. The molecule has 3 aromatic heterocycles. The smallest absolute Gasteiger partial charge is 0.150 e. The molecule has 2 N–H and O–H groups in total. The first-order valence-electron chi connectivity index (χ1n) is 8.47. The molecule has 0 saturated carbocycles. The maximum absolute atomic E-state index is 13.7. The zero-order valence-corrected chi connectivity index (χ0v) is 14.8. The van der Waals surface area contributed by atoms with Crippen LogP contribution in [0.25, 0.3) is 22.3 Å². The summed E-state index contributed by atoms with van der Waals surface area (Å²) in [4.78, 5) is 18.1. The maximum atomic E-state index is 13.7. The number of anilines is 1. The van der Waals surface area contributed by atoms with Gasteiger partial charge in [0.15, 0.2) is 0 Å². The molecule has 7 heteroatoms. The van der Waals surface area contributed by atoms with Gasteiger partial charge in [0.25, 0.3) is 0 Å². The van der Waals surface area contributed by atoms with Crippen LogP contribution in [0.1, 0.15) is 20.3 Å². The first-order chi connectivity index (χ1) is 12.1. The molecule has 0 aliphatic heterocycles. The fraction of sp³-hybridized carbons (Fsp3) is 0.389. The van der Waals surface area contributed by atoms with E-state index in [-0.39, 0.29) is 11.9 Å². The van der Waals surface area contributed by atoms with Crippen molar-refractivity contribution in [1.82, 2.24) is 24.8 Å². The third-order valence-corrected chi connectivity index (χ3v) is 4.29. The van der Waals surface area contributed by atoms with Crippen LogP contribution in [0.2, 0.25) is 0 Å². The van der Waals surface area contributed by atoms with Crippen molar-refractivity contribution in [3.63, 3.8) is 0 Å². The van der Waals surface area contributed by atoms with Gasteiger partial charge in [-0.2, -0.15) is 0 Å². The van der Waals surface area contributed by atoms with Crippen molar-refractivity contribution in [1.29, 1.82) is 0 Å². The van der Waals surface area contributed by atoms with Gasteiger partial charge in [-0.05, 0) is 39.5 Å². The average molecular weight is 342 g/mol. The quantitative estimate of drug-likeness (QED) is 0.689. The zero-order valence-electron chi connectivity index (χ0n) is 14.8. The Morgan fingerprint density at radius 3 is 2.96 bits per heavy atom. The van der Waals surface area contributed by atoms with Gasteiger partial charge >= 0.3 is 0 Å². The first kappa shape index (κ1) is 17.3. The normalized spacial score (nSPS) is 12.7. The predicted molar refractivity (Wildman–Crippen MR) is 98.0 cm³/mol. The minimum Gasteiger partial charge on any atom is -0.366 e. The van der Waals surface area contributed by atoms with E-state index in [4.69, 9.17) is 0 Å². The van der Waals surface area contributed by atoms with E-state index in [1.807, 2.05) is 0 Å².